The fourth-order valence-electron chi connectivity index (χ4n) is 2.80. The van der Waals surface area contributed by atoms with Crippen LogP contribution in [0, 0.1) is 17.4 Å². The molecule has 1 saturated heterocycles. The molecule has 134 valence electrons. The molecule has 0 radical (unpaired) electrons. The SMILES string of the molecule is CN(C)C(=O)c1cccc(-c2cnc(NC(=O)C3CCN(C#N)C3)s2)c1. The number of benzene rings is 1. The summed E-state index contributed by atoms with van der Waals surface area (Å²) in [6.45, 7) is 1.07. The second-order valence-corrected chi connectivity index (χ2v) is 7.36. The predicted octanol–water partition coefficient (Wildman–Crippen LogP) is 2.25. The van der Waals surface area contributed by atoms with Gasteiger partial charge in [-0.2, -0.15) is 5.26 Å². The van der Waals surface area contributed by atoms with Crippen LogP contribution in [0.1, 0.15) is 16.8 Å². The maximum atomic E-state index is 12.3. The third-order valence-electron chi connectivity index (χ3n) is 4.24. The van der Waals surface area contributed by atoms with Gasteiger partial charge in [-0.25, -0.2) is 4.98 Å². The molecule has 0 saturated carbocycles. The smallest absolute Gasteiger partial charge is 0.253 e. The number of hydrogen-bond donors (Lipinski definition) is 1. The van der Waals surface area contributed by atoms with Gasteiger partial charge in [-0.05, 0) is 24.1 Å². The van der Waals surface area contributed by atoms with Crippen molar-refractivity contribution in [3.63, 3.8) is 0 Å². The highest BCUT2D eigenvalue weighted by molar-refractivity contribution is 7.19. The number of hydrogen-bond acceptors (Lipinski definition) is 6. The van der Waals surface area contributed by atoms with Crippen LogP contribution in [0.25, 0.3) is 10.4 Å². The Bertz CT molecular complexity index is 870. The molecule has 1 unspecified atom stereocenters. The Kier molecular flexibility index (Phi) is 5.19. The van der Waals surface area contributed by atoms with E-state index in [1.807, 2.05) is 18.2 Å². The second-order valence-electron chi connectivity index (χ2n) is 6.33. The molecule has 1 aromatic heterocycles. The number of nitriles is 1. The van der Waals surface area contributed by atoms with Crippen molar-refractivity contribution in [2.45, 2.75) is 6.42 Å². The summed E-state index contributed by atoms with van der Waals surface area (Å²) in [6.07, 6.45) is 4.43. The normalized spacial score (nSPS) is 16.2. The van der Waals surface area contributed by atoms with E-state index in [-0.39, 0.29) is 17.7 Å². The van der Waals surface area contributed by atoms with Crippen molar-refractivity contribution in [2.24, 2.45) is 5.92 Å². The van der Waals surface area contributed by atoms with E-state index in [4.69, 9.17) is 5.26 Å². The van der Waals surface area contributed by atoms with Crippen molar-refractivity contribution in [1.82, 2.24) is 14.8 Å². The zero-order valence-electron chi connectivity index (χ0n) is 14.6. The van der Waals surface area contributed by atoms with Gasteiger partial charge in [0.2, 0.25) is 5.91 Å². The lowest BCUT2D eigenvalue weighted by molar-refractivity contribution is -0.119. The molecule has 26 heavy (non-hydrogen) atoms. The number of amides is 2. The number of carbonyl (C=O) groups excluding carboxylic acids is 2. The number of rotatable bonds is 4. The van der Waals surface area contributed by atoms with Gasteiger partial charge in [-0.1, -0.05) is 23.5 Å². The fraction of sp³-hybridized carbons (Fsp3) is 0.333. The summed E-state index contributed by atoms with van der Waals surface area (Å²) in [4.78, 5) is 32.7. The highest BCUT2D eigenvalue weighted by Gasteiger charge is 2.28. The third-order valence-corrected chi connectivity index (χ3v) is 5.20. The van der Waals surface area contributed by atoms with Crippen LogP contribution >= 0.6 is 11.3 Å². The molecule has 1 aliphatic heterocycles. The van der Waals surface area contributed by atoms with E-state index in [0.717, 1.165) is 10.4 Å². The first-order valence-electron chi connectivity index (χ1n) is 8.21. The van der Waals surface area contributed by atoms with Gasteiger partial charge in [0.1, 0.15) is 0 Å². The Morgan fingerprint density at radius 1 is 1.42 bits per heavy atom. The van der Waals surface area contributed by atoms with Crippen LogP contribution in [-0.4, -0.2) is 53.8 Å². The fourth-order valence-corrected chi connectivity index (χ4v) is 3.62. The van der Waals surface area contributed by atoms with E-state index in [1.165, 1.54) is 16.2 Å². The van der Waals surface area contributed by atoms with Gasteiger partial charge in [0, 0.05) is 38.9 Å². The molecule has 2 amide bonds. The maximum absolute atomic E-state index is 12.3. The van der Waals surface area contributed by atoms with Gasteiger partial charge >= 0.3 is 0 Å². The number of aromatic nitrogens is 1. The molecule has 7 nitrogen and oxygen atoms in total. The minimum Gasteiger partial charge on any atom is -0.345 e. The molecule has 3 rings (SSSR count). The number of nitrogens with zero attached hydrogens (tertiary/aromatic N) is 4. The van der Waals surface area contributed by atoms with E-state index in [0.29, 0.717) is 30.2 Å². The Morgan fingerprint density at radius 2 is 2.23 bits per heavy atom. The summed E-state index contributed by atoms with van der Waals surface area (Å²) < 4.78 is 0. The highest BCUT2D eigenvalue weighted by Crippen LogP contribution is 2.30. The predicted molar refractivity (Wildman–Crippen MR) is 99.5 cm³/mol. The Balaban J connectivity index is 1.70. The topological polar surface area (TPSA) is 89.3 Å². The van der Waals surface area contributed by atoms with E-state index < -0.39 is 0 Å². The van der Waals surface area contributed by atoms with Crippen molar-refractivity contribution in [3.8, 4) is 16.6 Å². The lowest BCUT2D eigenvalue weighted by Gasteiger charge is -2.10. The summed E-state index contributed by atoms with van der Waals surface area (Å²) in [7, 11) is 3.43. The molecule has 2 aromatic rings. The summed E-state index contributed by atoms with van der Waals surface area (Å²) in [5.41, 5.74) is 1.49. The van der Waals surface area contributed by atoms with E-state index in [9.17, 15) is 9.59 Å². The highest BCUT2D eigenvalue weighted by atomic mass is 32.1. The van der Waals surface area contributed by atoms with Gasteiger partial charge < -0.3 is 15.1 Å². The van der Waals surface area contributed by atoms with Gasteiger partial charge in [0.25, 0.3) is 5.91 Å². The maximum Gasteiger partial charge on any atom is 0.253 e. The summed E-state index contributed by atoms with van der Waals surface area (Å²) >= 11 is 1.36. The Morgan fingerprint density at radius 3 is 2.92 bits per heavy atom. The largest absolute Gasteiger partial charge is 0.345 e. The first-order valence-corrected chi connectivity index (χ1v) is 9.03. The molecule has 1 aliphatic rings. The van der Waals surface area contributed by atoms with Crippen LogP contribution in [0.3, 0.4) is 0 Å². The lowest BCUT2D eigenvalue weighted by Crippen LogP contribution is -2.25. The van der Waals surface area contributed by atoms with Crippen LogP contribution in [0.4, 0.5) is 5.13 Å². The summed E-state index contributed by atoms with van der Waals surface area (Å²) in [5, 5.41) is 12.2. The average molecular weight is 369 g/mol. The summed E-state index contributed by atoms with van der Waals surface area (Å²) in [5.74, 6) is -0.364. The number of anilines is 1. The Hall–Kier alpha value is -2.92. The quantitative estimate of drug-likeness (QED) is 0.835. The standard InChI is InChI=1S/C18H19N5O2S/c1-22(2)17(25)13-5-3-4-12(8-13)15-9-20-18(26-15)21-16(24)14-6-7-23(10-14)11-19/h3-5,8-9,14H,6-7,10H2,1-2H3,(H,20,21,24). The zero-order chi connectivity index (χ0) is 18.7. The number of nitrogens with one attached hydrogen (secondary N) is 1. The molecule has 1 fully saturated rings. The molecule has 0 aliphatic carbocycles. The molecule has 2 heterocycles. The van der Waals surface area contributed by atoms with Crippen molar-refractivity contribution in [1.29, 1.82) is 5.26 Å². The molecule has 1 N–H and O–H groups in total. The average Bonchev–Trinajstić information content (AvgIpc) is 3.30. The van der Waals surface area contributed by atoms with Gasteiger partial charge in [0.15, 0.2) is 11.3 Å². The molecular weight excluding hydrogens is 350 g/mol. The second kappa shape index (κ2) is 7.54. The molecule has 1 aromatic carbocycles. The van der Waals surface area contributed by atoms with Crippen LogP contribution in [0.15, 0.2) is 30.5 Å². The van der Waals surface area contributed by atoms with Crippen LogP contribution in [0.5, 0.6) is 0 Å². The van der Waals surface area contributed by atoms with Crippen molar-refractivity contribution >= 4 is 28.3 Å². The van der Waals surface area contributed by atoms with Gasteiger partial charge in [-0.15, -0.1) is 0 Å². The number of thiazole rings is 1. The summed E-state index contributed by atoms with van der Waals surface area (Å²) in [6, 6.07) is 7.34. The lowest BCUT2D eigenvalue weighted by atomic mass is 10.1. The van der Waals surface area contributed by atoms with Gasteiger partial charge in [-0.3, -0.25) is 9.59 Å². The monoisotopic (exact) mass is 369 g/mol. The van der Waals surface area contributed by atoms with E-state index >= 15 is 0 Å². The van der Waals surface area contributed by atoms with Crippen LogP contribution in [0.2, 0.25) is 0 Å². The molecule has 0 spiro atoms. The van der Waals surface area contributed by atoms with Crippen molar-refractivity contribution in [3.05, 3.63) is 36.0 Å². The third kappa shape index (κ3) is 3.83. The number of likely N-dealkylation sites (tertiary alicyclic amines) is 1. The molecule has 1 atom stereocenters. The first-order chi connectivity index (χ1) is 12.5. The molecule has 8 heteroatoms. The van der Waals surface area contributed by atoms with Crippen molar-refractivity contribution in [2.75, 3.05) is 32.5 Å². The minimum absolute atomic E-state index is 0.0619. The van der Waals surface area contributed by atoms with E-state index in [1.54, 1.807) is 31.3 Å². The zero-order valence-corrected chi connectivity index (χ0v) is 15.4. The van der Waals surface area contributed by atoms with Crippen LogP contribution < -0.4 is 5.32 Å². The first kappa shape index (κ1) is 17.9. The number of carbonyl (C=O) groups is 2. The van der Waals surface area contributed by atoms with Crippen molar-refractivity contribution < 1.29 is 9.59 Å². The minimum atomic E-state index is -0.192. The van der Waals surface area contributed by atoms with Gasteiger partial charge in [0.05, 0.1) is 10.8 Å². The molecular formula is C18H19N5O2S. The van der Waals surface area contributed by atoms with Crippen LogP contribution in [-0.2, 0) is 4.79 Å². The molecule has 0 bridgehead atoms. The Labute approximate surface area is 155 Å². The van der Waals surface area contributed by atoms with E-state index in [2.05, 4.69) is 16.5 Å².